The molecule has 8 heteroatoms. The predicted molar refractivity (Wildman–Crippen MR) is 105 cm³/mol. The number of hydrogen-bond acceptors (Lipinski definition) is 4. The maximum atomic E-state index is 12.7. The van der Waals surface area contributed by atoms with Crippen LogP contribution in [-0.4, -0.2) is 53.4 Å². The second-order valence-corrected chi connectivity index (χ2v) is 8.74. The molecule has 0 atom stereocenters. The Labute approximate surface area is 157 Å². The van der Waals surface area contributed by atoms with E-state index in [4.69, 9.17) is 0 Å². The van der Waals surface area contributed by atoms with Crippen molar-refractivity contribution in [2.75, 3.05) is 26.2 Å². The lowest BCUT2D eigenvalue weighted by molar-refractivity contribution is 0.152. The van der Waals surface area contributed by atoms with E-state index in [-0.39, 0.29) is 11.4 Å². The summed E-state index contributed by atoms with van der Waals surface area (Å²) in [5, 5.41) is 0. The fourth-order valence-electron chi connectivity index (χ4n) is 3.47. The normalized spacial score (nSPS) is 16.7. The van der Waals surface area contributed by atoms with Crippen LogP contribution >= 0.6 is 0 Å². The predicted octanol–water partition coefficient (Wildman–Crippen LogP) is 1.43. The first kappa shape index (κ1) is 18.0. The van der Waals surface area contributed by atoms with E-state index < -0.39 is 10.0 Å². The number of hydrogen-bond donors (Lipinski definition) is 1. The Morgan fingerprint density at radius 3 is 2.30 bits per heavy atom. The Morgan fingerprint density at radius 1 is 0.889 bits per heavy atom. The number of para-hydroxylation sites is 2. The first-order chi connectivity index (χ1) is 13.0. The molecule has 142 valence electrons. The van der Waals surface area contributed by atoms with E-state index in [1.807, 2.05) is 54.6 Å². The minimum Gasteiger partial charge on any atom is -0.306 e. The molecular formula is C19H22N4O3S. The first-order valence-electron chi connectivity index (χ1n) is 8.94. The SMILES string of the molecule is O=c1[nH]c2ccccc2n1CN1CCN(S(=O)(=O)Cc2ccccc2)CC1. The Hall–Kier alpha value is -2.42. The number of piperazine rings is 1. The van der Waals surface area contributed by atoms with Crippen molar-refractivity contribution in [2.45, 2.75) is 12.4 Å². The molecule has 0 saturated carbocycles. The molecule has 0 aliphatic carbocycles. The molecule has 1 aliphatic heterocycles. The van der Waals surface area contributed by atoms with Crippen LogP contribution < -0.4 is 5.69 Å². The van der Waals surface area contributed by atoms with Crippen LogP contribution in [0.15, 0.2) is 59.4 Å². The van der Waals surface area contributed by atoms with E-state index in [1.54, 1.807) is 8.87 Å². The summed E-state index contributed by atoms with van der Waals surface area (Å²) in [6, 6.07) is 16.8. The molecule has 0 radical (unpaired) electrons. The first-order valence-corrected chi connectivity index (χ1v) is 10.6. The van der Waals surface area contributed by atoms with E-state index >= 15 is 0 Å². The minimum absolute atomic E-state index is 0.0236. The van der Waals surface area contributed by atoms with Crippen LogP contribution in [0.4, 0.5) is 0 Å². The number of rotatable bonds is 5. The van der Waals surface area contributed by atoms with E-state index in [0.29, 0.717) is 32.8 Å². The highest BCUT2D eigenvalue weighted by molar-refractivity contribution is 7.88. The fraction of sp³-hybridized carbons (Fsp3) is 0.316. The van der Waals surface area contributed by atoms with Gasteiger partial charge in [-0.15, -0.1) is 0 Å². The molecule has 1 N–H and O–H groups in total. The van der Waals surface area contributed by atoms with Gasteiger partial charge < -0.3 is 4.98 Å². The number of imidazole rings is 1. The average Bonchev–Trinajstić information content (AvgIpc) is 2.98. The maximum Gasteiger partial charge on any atom is 0.327 e. The van der Waals surface area contributed by atoms with Crippen LogP contribution in [0.2, 0.25) is 0 Å². The quantitative estimate of drug-likeness (QED) is 0.720. The Bertz CT molecular complexity index is 1080. The van der Waals surface area contributed by atoms with Gasteiger partial charge in [-0.25, -0.2) is 13.2 Å². The average molecular weight is 386 g/mol. The summed E-state index contributed by atoms with van der Waals surface area (Å²) in [4.78, 5) is 17.2. The largest absolute Gasteiger partial charge is 0.327 e. The molecule has 0 amide bonds. The molecule has 4 rings (SSSR count). The monoisotopic (exact) mass is 386 g/mol. The molecule has 1 saturated heterocycles. The van der Waals surface area contributed by atoms with Crippen molar-refractivity contribution in [2.24, 2.45) is 0 Å². The number of aromatic nitrogens is 2. The molecule has 1 aromatic heterocycles. The summed E-state index contributed by atoms with van der Waals surface area (Å²) in [7, 11) is -3.33. The number of H-pyrrole nitrogens is 1. The van der Waals surface area contributed by atoms with Gasteiger partial charge in [0.15, 0.2) is 0 Å². The maximum absolute atomic E-state index is 12.7. The third-order valence-electron chi connectivity index (χ3n) is 4.94. The Balaban J connectivity index is 1.41. The molecule has 0 unspecified atom stereocenters. The highest BCUT2D eigenvalue weighted by Gasteiger charge is 2.27. The van der Waals surface area contributed by atoms with Crippen molar-refractivity contribution in [1.29, 1.82) is 0 Å². The molecule has 2 aromatic carbocycles. The van der Waals surface area contributed by atoms with E-state index in [0.717, 1.165) is 16.6 Å². The van der Waals surface area contributed by atoms with E-state index in [9.17, 15) is 13.2 Å². The van der Waals surface area contributed by atoms with Crippen molar-refractivity contribution in [3.63, 3.8) is 0 Å². The Kier molecular flexibility index (Phi) is 4.86. The highest BCUT2D eigenvalue weighted by atomic mass is 32.2. The van der Waals surface area contributed by atoms with Crippen molar-refractivity contribution in [3.05, 3.63) is 70.6 Å². The van der Waals surface area contributed by atoms with Gasteiger partial charge in [-0.05, 0) is 17.7 Å². The lowest BCUT2D eigenvalue weighted by atomic mass is 10.2. The Morgan fingerprint density at radius 2 is 1.56 bits per heavy atom. The molecule has 1 aliphatic rings. The van der Waals surface area contributed by atoms with Crippen LogP contribution in [0.1, 0.15) is 5.56 Å². The van der Waals surface area contributed by atoms with Crippen LogP contribution in [0.3, 0.4) is 0 Å². The number of sulfonamides is 1. The molecule has 3 aromatic rings. The summed E-state index contributed by atoms with van der Waals surface area (Å²) in [6.07, 6.45) is 0. The number of fused-ring (bicyclic) bond motifs is 1. The van der Waals surface area contributed by atoms with E-state index in [2.05, 4.69) is 9.88 Å². The lowest BCUT2D eigenvalue weighted by Gasteiger charge is -2.34. The topological polar surface area (TPSA) is 78.4 Å². The molecule has 0 spiro atoms. The zero-order chi connectivity index (χ0) is 18.9. The molecule has 7 nitrogen and oxygen atoms in total. The molecular weight excluding hydrogens is 364 g/mol. The molecule has 27 heavy (non-hydrogen) atoms. The third kappa shape index (κ3) is 3.83. The zero-order valence-electron chi connectivity index (χ0n) is 14.9. The van der Waals surface area contributed by atoms with Gasteiger partial charge in [0.05, 0.1) is 23.5 Å². The van der Waals surface area contributed by atoms with Gasteiger partial charge >= 0.3 is 5.69 Å². The fourth-order valence-corrected chi connectivity index (χ4v) is 4.99. The highest BCUT2D eigenvalue weighted by Crippen LogP contribution is 2.15. The van der Waals surface area contributed by atoms with Gasteiger partial charge in [0.25, 0.3) is 0 Å². The van der Waals surface area contributed by atoms with Gasteiger partial charge in [0.1, 0.15) is 0 Å². The smallest absolute Gasteiger partial charge is 0.306 e. The summed E-state index contributed by atoms with van der Waals surface area (Å²) in [5.74, 6) is 0.0236. The second kappa shape index (κ2) is 7.30. The van der Waals surface area contributed by atoms with Crippen molar-refractivity contribution in [1.82, 2.24) is 18.8 Å². The van der Waals surface area contributed by atoms with Crippen LogP contribution in [0.5, 0.6) is 0 Å². The third-order valence-corrected chi connectivity index (χ3v) is 6.79. The zero-order valence-corrected chi connectivity index (χ0v) is 15.7. The van der Waals surface area contributed by atoms with Gasteiger partial charge in [-0.2, -0.15) is 4.31 Å². The van der Waals surface area contributed by atoms with Gasteiger partial charge in [-0.1, -0.05) is 42.5 Å². The lowest BCUT2D eigenvalue weighted by Crippen LogP contribution is -2.49. The van der Waals surface area contributed by atoms with E-state index in [1.165, 1.54) is 0 Å². The van der Waals surface area contributed by atoms with Crippen molar-refractivity contribution < 1.29 is 8.42 Å². The van der Waals surface area contributed by atoms with Gasteiger partial charge in [0.2, 0.25) is 10.0 Å². The molecule has 0 bridgehead atoms. The summed E-state index contributed by atoms with van der Waals surface area (Å²) < 4.78 is 28.6. The molecule has 1 fully saturated rings. The van der Waals surface area contributed by atoms with Crippen molar-refractivity contribution in [3.8, 4) is 0 Å². The number of aromatic amines is 1. The van der Waals surface area contributed by atoms with Crippen LogP contribution in [-0.2, 0) is 22.4 Å². The summed E-state index contributed by atoms with van der Waals surface area (Å²) in [5.41, 5.74) is 2.33. The number of nitrogens with one attached hydrogen (secondary N) is 1. The summed E-state index contributed by atoms with van der Waals surface area (Å²) in [6.45, 7) is 2.52. The number of benzene rings is 2. The van der Waals surface area contributed by atoms with Crippen LogP contribution in [0.25, 0.3) is 11.0 Å². The molecule has 2 heterocycles. The van der Waals surface area contributed by atoms with Crippen molar-refractivity contribution >= 4 is 21.1 Å². The van der Waals surface area contributed by atoms with Gasteiger partial charge in [0, 0.05) is 26.2 Å². The van der Waals surface area contributed by atoms with Crippen LogP contribution in [0, 0.1) is 0 Å². The number of nitrogens with zero attached hydrogens (tertiary/aromatic N) is 3. The minimum atomic E-state index is -3.33. The second-order valence-electron chi connectivity index (χ2n) is 6.78. The summed E-state index contributed by atoms with van der Waals surface area (Å²) >= 11 is 0. The standard InChI is InChI=1S/C19H22N4O3S/c24-19-20-17-8-4-5-9-18(17)23(19)15-21-10-12-22(13-11-21)27(25,26)14-16-6-2-1-3-7-16/h1-9H,10-15H2,(H,20,24). The van der Waals surface area contributed by atoms with Gasteiger partial charge in [-0.3, -0.25) is 9.47 Å².